The fraction of sp³-hybridized carbons (Fsp3) is 0.400. The maximum atomic E-state index is 8.92. The summed E-state index contributed by atoms with van der Waals surface area (Å²) in [5.41, 5.74) is 7.61. The van der Waals surface area contributed by atoms with E-state index in [-0.39, 0.29) is 12.6 Å². The Morgan fingerprint density at radius 3 is 2.64 bits per heavy atom. The Balaban J connectivity index is 3.13. The van der Waals surface area contributed by atoms with Gasteiger partial charge < -0.3 is 15.6 Å². The molecule has 0 amide bonds. The minimum Gasteiger partial charge on any atom is -0.495 e. The first-order chi connectivity index (χ1) is 6.60. The number of aliphatic hydroxyl groups excluding tert-OH is 1. The van der Waals surface area contributed by atoms with Crippen molar-refractivity contribution in [2.45, 2.75) is 13.0 Å². The maximum Gasteiger partial charge on any atom is 0.135 e. The van der Waals surface area contributed by atoms with Crippen LogP contribution in [0, 0.1) is 6.92 Å². The second-order valence-corrected chi connectivity index (χ2v) is 4.00. The first kappa shape index (κ1) is 11.5. The predicted molar refractivity (Wildman–Crippen MR) is 59.4 cm³/mol. The Hall–Kier alpha value is -0.580. The molecule has 14 heavy (non-hydrogen) atoms. The molecular formula is C10H14BrNO2. The van der Waals surface area contributed by atoms with E-state index in [0.717, 1.165) is 21.3 Å². The van der Waals surface area contributed by atoms with Gasteiger partial charge in [0.1, 0.15) is 5.75 Å². The topological polar surface area (TPSA) is 55.5 Å². The van der Waals surface area contributed by atoms with Gasteiger partial charge in [-0.2, -0.15) is 0 Å². The van der Waals surface area contributed by atoms with Crippen LogP contribution in [-0.4, -0.2) is 18.8 Å². The zero-order chi connectivity index (χ0) is 10.7. The number of hydrogen-bond acceptors (Lipinski definition) is 3. The molecule has 1 rings (SSSR count). The molecule has 0 heterocycles. The number of aliphatic hydroxyl groups is 1. The van der Waals surface area contributed by atoms with E-state index in [1.807, 2.05) is 19.1 Å². The van der Waals surface area contributed by atoms with Crippen molar-refractivity contribution in [2.24, 2.45) is 5.73 Å². The van der Waals surface area contributed by atoms with E-state index in [1.165, 1.54) is 0 Å². The lowest BCUT2D eigenvalue weighted by molar-refractivity contribution is 0.268. The van der Waals surface area contributed by atoms with E-state index in [1.54, 1.807) is 7.11 Å². The summed E-state index contributed by atoms with van der Waals surface area (Å²) in [5, 5.41) is 8.92. The minimum atomic E-state index is -0.337. The molecule has 0 spiro atoms. The van der Waals surface area contributed by atoms with E-state index in [2.05, 4.69) is 15.9 Å². The molecule has 1 aromatic carbocycles. The van der Waals surface area contributed by atoms with E-state index < -0.39 is 0 Å². The number of rotatable bonds is 3. The molecule has 1 atom stereocenters. The Labute approximate surface area is 92.0 Å². The summed E-state index contributed by atoms with van der Waals surface area (Å²) in [5.74, 6) is 0.805. The molecule has 0 fully saturated rings. The molecule has 0 radical (unpaired) electrons. The number of ether oxygens (including phenoxy) is 1. The van der Waals surface area contributed by atoms with Crippen LogP contribution in [-0.2, 0) is 0 Å². The first-order valence-electron chi connectivity index (χ1n) is 4.30. The van der Waals surface area contributed by atoms with Gasteiger partial charge in [-0.3, -0.25) is 0 Å². The summed E-state index contributed by atoms with van der Waals surface area (Å²) in [6, 6.07) is 3.45. The number of nitrogens with two attached hydrogens (primary N) is 1. The highest BCUT2D eigenvalue weighted by molar-refractivity contribution is 9.10. The zero-order valence-corrected chi connectivity index (χ0v) is 9.84. The number of halogens is 1. The highest BCUT2D eigenvalue weighted by atomic mass is 79.9. The van der Waals surface area contributed by atoms with Crippen molar-refractivity contribution >= 4 is 15.9 Å². The lowest BCUT2D eigenvalue weighted by atomic mass is 10.1. The van der Waals surface area contributed by atoms with Crippen LogP contribution >= 0.6 is 15.9 Å². The molecule has 78 valence electrons. The molecular weight excluding hydrogens is 246 g/mol. The molecule has 0 saturated carbocycles. The quantitative estimate of drug-likeness (QED) is 0.870. The van der Waals surface area contributed by atoms with Gasteiger partial charge in [0, 0.05) is 0 Å². The van der Waals surface area contributed by atoms with Crippen LogP contribution in [0.5, 0.6) is 5.75 Å². The number of benzene rings is 1. The normalized spacial score (nSPS) is 12.6. The standard InChI is InChI=1S/C10H14BrNO2/c1-6-3-7(9(12)5-13)4-8(11)10(6)14-2/h3-4,9,13H,5,12H2,1-2H3. The summed E-state index contributed by atoms with van der Waals surface area (Å²) in [6.45, 7) is 1.88. The fourth-order valence-electron chi connectivity index (χ4n) is 1.34. The predicted octanol–water partition coefficient (Wildman–Crippen LogP) is 1.76. The number of aryl methyl sites for hydroxylation is 1. The molecule has 1 aromatic rings. The lowest BCUT2D eigenvalue weighted by Crippen LogP contribution is -2.14. The van der Waals surface area contributed by atoms with E-state index in [9.17, 15) is 0 Å². The average molecular weight is 260 g/mol. The molecule has 3 N–H and O–H groups in total. The highest BCUT2D eigenvalue weighted by Gasteiger charge is 2.10. The van der Waals surface area contributed by atoms with Gasteiger partial charge >= 0.3 is 0 Å². The Kier molecular flexibility index (Phi) is 3.92. The molecule has 4 heteroatoms. The Morgan fingerprint density at radius 2 is 2.21 bits per heavy atom. The summed E-state index contributed by atoms with van der Waals surface area (Å²) < 4.78 is 6.05. The molecule has 0 aliphatic heterocycles. The highest BCUT2D eigenvalue weighted by Crippen LogP contribution is 2.31. The van der Waals surface area contributed by atoms with Gasteiger partial charge in [0.2, 0.25) is 0 Å². The van der Waals surface area contributed by atoms with Gasteiger partial charge in [0.15, 0.2) is 0 Å². The lowest BCUT2D eigenvalue weighted by Gasteiger charge is -2.13. The van der Waals surface area contributed by atoms with Gasteiger partial charge in [-0.25, -0.2) is 0 Å². The molecule has 0 bridgehead atoms. The van der Waals surface area contributed by atoms with Crippen LogP contribution in [0.3, 0.4) is 0 Å². The summed E-state index contributed by atoms with van der Waals surface area (Å²) in [4.78, 5) is 0. The van der Waals surface area contributed by atoms with Crippen molar-refractivity contribution in [3.05, 3.63) is 27.7 Å². The molecule has 0 aliphatic rings. The molecule has 0 saturated heterocycles. The van der Waals surface area contributed by atoms with Crippen molar-refractivity contribution in [1.29, 1.82) is 0 Å². The average Bonchev–Trinajstić information content (AvgIpc) is 2.16. The minimum absolute atomic E-state index is 0.0573. The monoisotopic (exact) mass is 259 g/mol. The Bertz CT molecular complexity index is 305. The van der Waals surface area contributed by atoms with Crippen molar-refractivity contribution in [3.63, 3.8) is 0 Å². The zero-order valence-electron chi connectivity index (χ0n) is 8.25. The van der Waals surface area contributed by atoms with Gasteiger partial charge in [0.25, 0.3) is 0 Å². The van der Waals surface area contributed by atoms with Gasteiger partial charge in [-0.1, -0.05) is 6.07 Å². The second-order valence-electron chi connectivity index (χ2n) is 3.14. The summed E-state index contributed by atoms with van der Waals surface area (Å²) in [7, 11) is 1.62. The van der Waals surface area contributed by atoms with Crippen molar-refractivity contribution in [3.8, 4) is 5.75 Å². The fourth-order valence-corrected chi connectivity index (χ4v) is 2.07. The van der Waals surface area contributed by atoms with Crippen LogP contribution in [0.1, 0.15) is 17.2 Å². The number of methoxy groups -OCH3 is 1. The number of hydrogen-bond donors (Lipinski definition) is 2. The van der Waals surface area contributed by atoms with Crippen LogP contribution in [0.25, 0.3) is 0 Å². The van der Waals surface area contributed by atoms with E-state index in [0.29, 0.717) is 0 Å². The third-order valence-corrected chi connectivity index (χ3v) is 2.67. The van der Waals surface area contributed by atoms with Crippen LogP contribution in [0.4, 0.5) is 0 Å². The van der Waals surface area contributed by atoms with Crippen LogP contribution in [0.2, 0.25) is 0 Å². The smallest absolute Gasteiger partial charge is 0.135 e. The second kappa shape index (κ2) is 4.77. The van der Waals surface area contributed by atoms with E-state index in [4.69, 9.17) is 15.6 Å². The van der Waals surface area contributed by atoms with Gasteiger partial charge in [-0.05, 0) is 40.0 Å². The third kappa shape index (κ3) is 2.26. The maximum absolute atomic E-state index is 8.92. The van der Waals surface area contributed by atoms with Gasteiger partial charge in [-0.15, -0.1) is 0 Å². The van der Waals surface area contributed by atoms with E-state index >= 15 is 0 Å². The summed E-state index contributed by atoms with van der Waals surface area (Å²) in [6.07, 6.45) is 0. The van der Waals surface area contributed by atoms with Gasteiger partial charge in [0.05, 0.1) is 24.2 Å². The molecule has 0 aromatic heterocycles. The Morgan fingerprint density at radius 1 is 1.57 bits per heavy atom. The van der Waals surface area contributed by atoms with Crippen molar-refractivity contribution in [2.75, 3.05) is 13.7 Å². The summed E-state index contributed by atoms with van der Waals surface area (Å²) >= 11 is 3.39. The van der Waals surface area contributed by atoms with Crippen LogP contribution < -0.4 is 10.5 Å². The third-order valence-electron chi connectivity index (χ3n) is 2.08. The molecule has 1 unspecified atom stereocenters. The molecule has 3 nitrogen and oxygen atoms in total. The van der Waals surface area contributed by atoms with Crippen molar-refractivity contribution in [1.82, 2.24) is 0 Å². The van der Waals surface area contributed by atoms with Crippen LogP contribution in [0.15, 0.2) is 16.6 Å². The van der Waals surface area contributed by atoms with Crippen molar-refractivity contribution < 1.29 is 9.84 Å². The largest absolute Gasteiger partial charge is 0.495 e. The molecule has 0 aliphatic carbocycles. The SMILES string of the molecule is COc1c(C)cc(C(N)CO)cc1Br. The first-order valence-corrected chi connectivity index (χ1v) is 5.10.